The second-order valence-electron chi connectivity index (χ2n) is 4.98. The third-order valence-electron chi connectivity index (χ3n) is 3.07. The van der Waals surface area contributed by atoms with Crippen LogP contribution in [-0.4, -0.2) is 29.7 Å². The summed E-state index contributed by atoms with van der Waals surface area (Å²) < 4.78 is 5.37. The second kappa shape index (κ2) is 9.10. The summed E-state index contributed by atoms with van der Waals surface area (Å²) in [5.41, 5.74) is 3.74. The van der Waals surface area contributed by atoms with E-state index in [1.165, 1.54) is 5.01 Å². The van der Waals surface area contributed by atoms with Crippen LogP contribution in [0.25, 0.3) is 0 Å². The molecule has 0 heterocycles. The van der Waals surface area contributed by atoms with E-state index in [-0.39, 0.29) is 12.5 Å². The quantitative estimate of drug-likeness (QED) is 0.632. The van der Waals surface area contributed by atoms with Crippen molar-refractivity contribution >= 4 is 34.8 Å². The maximum absolute atomic E-state index is 11.9. The average molecular weight is 364 g/mol. The topological polar surface area (TPSA) is 53.6 Å². The molecule has 5 nitrogen and oxygen atoms in total. The van der Waals surface area contributed by atoms with Crippen molar-refractivity contribution in [1.29, 1.82) is 0 Å². The highest BCUT2D eigenvalue weighted by molar-refractivity contribution is 7.80. The zero-order chi connectivity index (χ0) is 17.4. The average Bonchev–Trinajstić information content (AvgIpc) is 2.60. The molecule has 0 unspecified atom stereocenters. The number of nitrogens with zero attached hydrogens (tertiary/aromatic N) is 1. The smallest absolute Gasteiger partial charge is 0.276 e. The lowest BCUT2D eigenvalue weighted by Crippen LogP contribution is -2.49. The molecule has 2 aromatic carbocycles. The van der Waals surface area contributed by atoms with Crippen molar-refractivity contribution in [3.8, 4) is 5.75 Å². The molecule has 0 fully saturated rings. The Kier molecular flexibility index (Phi) is 6.84. The lowest BCUT2D eigenvalue weighted by molar-refractivity contribution is -0.126. The van der Waals surface area contributed by atoms with Gasteiger partial charge in [0.25, 0.3) is 5.91 Å². The van der Waals surface area contributed by atoms with Gasteiger partial charge in [0, 0.05) is 18.6 Å². The molecule has 0 bridgehead atoms. The van der Waals surface area contributed by atoms with Crippen LogP contribution in [0.2, 0.25) is 5.02 Å². The number of thiocarbonyl (C=S) groups is 1. The highest BCUT2D eigenvalue weighted by Gasteiger charge is 2.09. The first-order valence-corrected chi connectivity index (χ1v) is 8.06. The Morgan fingerprint density at radius 1 is 1.17 bits per heavy atom. The van der Waals surface area contributed by atoms with Gasteiger partial charge in [-0.3, -0.25) is 15.2 Å². The van der Waals surface area contributed by atoms with Gasteiger partial charge in [-0.1, -0.05) is 41.9 Å². The van der Waals surface area contributed by atoms with Crippen LogP contribution in [0.4, 0.5) is 0 Å². The number of hydrogen-bond acceptors (Lipinski definition) is 3. The van der Waals surface area contributed by atoms with Crippen molar-refractivity contribution in [3.05, 3.63) is 65.2 Å². The summed E-state index contributed by atoms with van der Waals surface area (Å²) in [4.78, 5) is 11.9. The van der Waals surface area contributed by atoms with E-state index in [0.717, 1.165) is 5.56 Å². The summed E-state index contributed by atoms with van der Waals surface area (Å²) in [7, 11) is 1.67. The molecule has 126 valence electrons. The second-order valence-corrected chi connectivity index (χ2v) is 5.80. The normalized spacial score (nSPS) is 9.92. The molecular formula is C17H18ClN3O2S. The number of nitrogens with one attached hydrogen (secondary N) is 2. The predicted molar refractivity (Wildman–Crippen MR) is 98.7 cm³/mol. The zero-order valence-corrected chi connectivity index (χ0v) is 14.7. The number of carbonyl (C=O) groups is 1. The van der Waals surface area contributed by atoms with Crippen LogP contribution >= 0.6 is 23.8 Å². The molecular weight excluding hydrogens is 346 g/mol. The molecule has 0 aromatic heterocycles. The van der Waals surface area contributed by atoms with E-state index in [1.54, 1.807) is 31.3 Å². The lowest BCUT2D eigenvalue weighted by Gasteiger charge is -2.21. The van der Waals surface area contributed by atoms with E-state index in [1.807, 2.05) is 30.3 Å². The maximum atomic E-state index is 11.9. The summed E-state index contributed by atoms with van der Waals surface area (Å²) in [6.45, 7) is 0.467. The minimum Gasteiger partial charge on any atom is -0.484 e. The molecule has 0 atom stereocenters. The van der Waals surface area contributed by atoms with Gasteiger partial charge >= 0.3 is 0 Å². The number of hydrogen-bond donors (Lipinski definition) is 2. The van der Waals surface area contributed by atoms with Crippen molar-refractivity contribution in [2.24, 2.45) is 0 Å². The summed E-state index contributed by atoms with van der Waals surface area (Å²) in [6, 6.07) is 16.7. The molecule has 0 spiro atoms. The van der Waals surface area contributed by atoms with E-state index in [9.17, 15) is 4.79 Å². The fourth-order valence-electron chi connectivity index (χ4n) is 1.84. The number of halogens is 1. The highest BCUT2D eigenvalue weighted by atomic mass is 35.5. The van der Waals surface area contributed by atoms with Crippen molar-refractivity contribution in [3.63, 3.8) is 0 Å². The van der Waals surface area contributed by atoms with Gasteiger partial charge in [-0.05, 0) is 42.0 Å². The van der Waals surface area contributed by atoms with Crippen molar-refractivity contribution in [2.45, 2.75) is 6.54 Å². The summed E-state index contributed by atoms with van der Waals surface area (Å²) in [6.07, 6.45) is 0. The van der Waals surface area contributed by atoms with E-state index in [0.29, 0.717) is 22.4 Å². The molecule has 0 saturated heterocycles. The van der Waals surface area contributed by atoms with Gasteiger partial charge in [-0.25, -0.2) is 0 Å². The van der Waals surface area contributed by atoms with Gasteiger partial charge in [-0.2, -0.15) is 0 Å². The first-order valence-electron chi connectivity index (χ1n) is 7.28. The zero-order valence-electron chi connectivity index (χ0n) is 13.2. The van der Waals surface area contributed by atoms with Gasteiger partial charge in [0.15, 0.2) is 11.7 Å². The van der Waals surface area contributed by atoms with Crippen LogP contribution in [0.5, 0.6) is 5.75 Å². The van der Waals surface area contributed by atoms with Gasteiger partial charge in [0.05, 0.1) is 0 Å². The number of carbonyl (C=O) groups excluding carboxylic acids is 1. The number of rotatable bonds is 5. The third-order valence-corrected chi connectivity index (χ3v) is 3.74. The summed E-state index contributed by atoms with van der Waals surface area (Å²) >= 11 is 11.0. The molecule has 7 heteroatoms. The first-order chi connectivity index (χ1) is 11.5. The molecule has 1 amide bonds. The maximum Gasteiger partial charge on any atom is 0.276 e. The Morgan fingerprint density at radius 3 is 2.50 bits per heavy atom. The number of ether oxygens (including phenoxy) is 1. The van der Waals surface area contributed by atoms with Gasteiger partial charge in [-0.15, -0.1) is 0 Å². The van der Waals surface area contributed by atoms with Crippen LogP contribution in [0.15, 0.2) is 54.6 Å². The largest absolute Gasteiger partial charge is 0.484 e. The van der Waals surface area contributed by atoms with Crippen LogP contribution < -0.4 is 15.5 Å². The van der Waals surface area contributed by atoms with Gasteiger partial charge in [0.2, 0.25) is 0 Å². The van der Waals surface area contributed by atoms with E-state index >= 15 is 0 Å². The Balaban J connectivity index is 1.72. The fraction of sp³-hybridized carbons (Fsp3) is 0.176. The Labute approximate surface area is 151 Å². The molecule has 24 heavy (non-hydrogen) atoms. The van der Waals surface area contributed by atoms with Crippen LogP contribution in [0, 0.1) is 0 Å². The van der Waals surface area contributed by atoms with Crippen LogP contribution in [0.1, 0.15) is 5.56 Å². The Hall–Kier alpha value is -2.31. The van der Waals surface area contributed by atoms with Gasteiger partial charge < -0.3 is 10.1 Å². The molecule has 0 radical (unpaired) electrons. The monoisotopic (exact) mass is 363 g/mol. The third kappa shape index (κ3) is 6.06. The molecule has 2 rings (SSSR count). The highest BCUT2D eigenvalue weighted by Crippen LogP contribution is 2.15. The Bertz CT molecular complexity index is 680. The molecule has 2 aromatic rings. The molecule has 0 aliphatic carbocycles. The summed E-state index contributed by atoms with van der Waals surface area (Å²) in [5, 5.41) is 5.55. The number of benzene rings is 2. The van der Waals surface area contributed by atoms with Crippen molar-refractivity contribution in [2.75, 3.05) is 13.7 Å². The lowest BCUT2D eigenvalue weighted by atomic mass is 10.2. The SMILES string of the molecule is CN(NC(=O)COc1ccc(Cl)cc1)C(=S)NCc1ccccc1. The minimum absolute atomic E-state index is 0.118. The minimum atomic E-state index is -0.309. The van der Waals surface area contributed by atoms with Crippen molar-refractivity contribution < 1.29 is 9.53 Å². The number of hydrazine groups is 1. The van der Waals surface area contributed by atoms with Crippen molar-refractivity contribution in [1.82, 2.24) is 15.8 Å². The van der Waals surface area contributed by atoms with Crippen LogP contribution in [0.3, 0.4) is 0 Å². The standard InChI is InChI=1S/C17H18ClN3O2S/c1-21(17(24)19-11-13-5-3-2-4-6-13)20-16(22)12-23-15-9-7-14(18)8-10-15/h2-10H,11-12H2,1H3,(H,19,24)(H,20,22). The van der Waals surface area contributed by atoms with Gasteiger partial charge in [0.1, 0.15) is 5.75 Å². The number of amides is 1. The molecule has 0 aliphatic heterocycles. The van der Waals surface area contributed by atoms with Crippen LogP contribution in [-0.2, 0) is 11.3 Å². The first kappa shape index (κ1) is 18.0. The van der Waals surface area contributed by atoms with E-state index < -0.39 is 0 Å². The predicted octanol–water partition coefficient (Wildman–Crippen LogP) is 2.76. The molecule has 0 aliphatic rings. The fourth-order valence-corrected chi connectivity index (χ4v) is 2.09. The van der Waals surface area contributed by atoms with E-state index in [4.69, 9.17) is 28.6 Å². The van der Waals surface area contributed by atoms with E-state index in [2.05, 4.69) is 10.7 Å². The molecule has 0 saturated carbocycles. The summed E-state index contributed by atoms with van der Waals surface area (Å²) in [5.74, 6) is 0.262. The molecule has 2 N–H and O–H groups in total. The Morgan fingerprint density at radius 2 is 1.83 bits per heavy atom.